The summed E-state index contributed by atoms with van der Waals surface area (Å²) in [6.45, 7) is 3.88. The molecular weight excluding hydrogens is 426 g/mol. The van der Waals surface area contributed by atoms with E-state index in [0.717, 1.165) is 5.82 Å². The number of carbonyl (C=O) groups excluding carboxylic acids is 1. The molecule has 13 heteroatoms. The highest BCUT2D eigenvalue weighted by Gasteiger charge is 2.28. The summed E-state index contributed by atoms with van der Waals surface area (Å²) in [4.78, 5) is 41.9. The molecule has 0 bridgehead atoms. The van der Waals surface area contributed by atoms with Gasteiger partial charge in [0, 0.05) is 50.7 Å². The Kier molecular flexibility index (Phi) is 5.34. The molecule has 0 aromatic carbocycles. The van der Waals surface area contributed by atoms with E-state index in [2.05, 4.69) is 35.1 Å². The molecule has 1 unspecified atom stereocenters. The molecule has 13 nitrogen and oxygen atoms in total. The Morgan fingerprint density at radius 3 is 2.52 bits per heavy atom. The Hall–Kier alpha value is -4.42. The Morgan fingerprint density at radius 2 is 1.79 bits per heavy atom. The number of anilines is 1. The molecule has 168 valence electrons. The van der Waals surface area contributed by atoms with Crippen LogP contribution in [0.4, 0.5) is 5.82 Å². The Bertz CT molecular complexity index is 1290. The molecule has 0 spiro atoms. The van der Waals surface area contributed by atoms with Gasteiger partial charge in [0.2, 0.25) is 5.91 Å². The predicted molar refractivity (Wildman–Crippen MR) is 116 cm³/mol. The minimum Gasteiger partial charge on any atom is -0.353 e. The molecule has 4 aromatic rings. The van der Waals surface area contributed by atoms with Crippen LogP contribution in [0.25, 0.3) is 11.6 Å². The SMILES string of the molecule is CC(C(=O)N1CCN(c2cc(-n3cncn3)ncn2)CC1)n1nc(-n2cccn2)ccc1=O. The number of nitrogens with zero attached hydrogens (tertiary/aromatic N) is 11. The van der Waals surface area contributed by atoms with Gasteiger partial charge in [-0.25, -0.2) is 29.0 Å². The molecule has 33 heavy (non-hydrogen) atoms. The Balaban J connectivity index is 1.27. The normalized spacial score (nSPS) is 14.9. The molecule has 5 heterocycles. The average molecular weight is 447 g/mol. The van der Waals surface area contributed by atoms with Gasteiger partial charge in [-0.2, -0.15) is 10.2 Å². The second-order valence-electron chi connectivity index (χ2n) is 7.49. The summed E-state index contributed by atoms with van der Waals surface area (Å²) in [6, 6.07) is 5.83. The van der Waals surface area contributed by atoms with Crippen molar-refractivity contribution in [1.82, 2.24) is 49.2 Å². The number of aromatic nitrogens is 9. The van der Waals surface area contributed by atoms with E-state index in [4.69, 9.17) is 0 Å². The fraction of sp³-hybridized carbons (Fsp3) is 0.300. The first-order valence-electron chi connectivity index (χ1n) is 10.4. The molecule has 1 amide bonds. The van der Waals surface area contributed by atoms with Crippen LogP contribution in [0.2, 0.25) is 0 Å². The molecular formula is C20H21N11O2. The molecule has 0 aliphatic carbocycles. The molecule has 0 radical (unpaired) electrons. The Labute approximate surface area is 187 Å². The molecule has 0 saturated carbocycles. The summed E-state index contributed by atoms with van der Waals surface area (Å²) in [6.07, 6.45) is 7.85. The lowest BCUT2D eigenvalue weighted by Crippen LogP contribution is -2.51. The largest absolute Gasteiger partial charge is 0.353 e. The smallest absolute Gasteiger partial charge is 0.267 e. The van der Waals surface area contributed by atoms with E-state index in [1.165, 1.54) is 23.4 Å². The fourth-order valence-corrected chi connectivity index (χ4v) is 3.71. The molecule has 4 aromatic heterocycles. The van der Waals surface area contributed by atoms with Gasteiger partial charge in [-0.1, -0.05) is 0 Å². The van der Waals surface area contributed by atoms with E-state index >= 15 is 0 Å². The summed E-state index contributed by atoms with van der Waals surface area (Å²) >= 11 is 0. The van der Waals surface area contributed by atoms with E-state index in [0.29, 0.717) is 37.8 Å². The third-order valence-corrected chi connectivity index (χ3v) is 5.48. The van der Waals surface area contributed by atoms with Crippen molar-refractivity contribution in [2.75, 3.05) is 31.1 Å². The van der Waals surface area contributed by atoms with Gasteiger partial charge < -0.3 is 9.80 Å². The van der Waals surface area contributed by atoms with Crippen molar-refractivity contribution in [2.24, 2.45) is 0 Å². The zero-order chi connectivity index (χ0) is 22.8. The summed E-state index contributed by atoms with van der Waals surface area (Å²) < 4.78 is 4.32. The summed E-state index contributed by atoms with van der Waals surface area (Å²) in [7, 11) is 0. The molecule has 1 atom stereocenters. The van der Waals surface area contributed by atoms with Crippen LogP contribution in [-0.4, -0.2) is 81.3 Å². The predicted octanol–water partition coefficient (Wildman–Crippen LogP) is -0.290. The summed E-state index contributed by atoms with van der Waals surface area (Å²) in [5.41, 5.74) is -0.341. The third-order valence-electron chi connectivity index (χ3n) is 5.48. The summed E-state index contributed by atoms with van der Waals surface area (Å²) in [5, 5.41) is 12.6. The number of amides is 1. The first kappa shape index (κ1) is 20.5. The summed E-state index contributed by atoms with van der Waals surface area (Å²) in [5.74, 6) is 1.68. The molecule has 1 saturated heterocycles. The van der Waals surface area contributed by atoms with E-state index < -0.39 is 6.04 Å². The molecule has 1 aliphatic rings. The topological polar surface area (TPSA) is 133 Å². The standard InChI is InChI=1S/C20H21N11O2/c1-15(31-19(32)4-3-16(26-31)29-6-2-5-24-29)20(33)28-9-7-27(8-10-28)17-11-18(23-13-22-17)30-14-21-12-25-30/h2-6,11-15H,7-10H2,1H3. The van der Waals surface area contributed by atoms with Gasteiger partial charge in [-0.3, -0.25) is 9.59 Å². The van der Waals surface area contributed by atoms with Gasteiger partial charge in [-0.15, -0.1) is 5.10 Å². The van der Waals surface area contributed by atoms with Crippen LogP contribution in [0.5, 0.6) is 0 Å². The maximum atomic E-state index is 13.1. The van der Waals surface area contributed by atoms with Crippen molar-refractivity contribution >= 4 is 11.7 Å². The van der Waals surface area contributed by atoms with Gasteiger partial charge in [0.15, 0.2) is 11.6 Å². The van der Waals surface area contributed by atoms with Gasteiger partial charge in [0.25, 0.3) is 5.56 Å². The maximum Gasteiger partial charge on any atom is 0.267 e. The first-order valence-corrected chi connectivity index (χ1v) is 10.4. The van der Waals surface area contributed by atoms with E-state index in [-0.39, 0.29) is 11.5 Å². The number of carbonyl (C=O) groups is 1. The lowest BCUT2D eigenvalue weighted by Gasteiger charge is -2.36. The highest BCUT2D eigenvalue weighted by atomic mass is 16.2. The molecule has 1 fully saturated rings. The van der Waals surface area contributed by atoms with Crippen molar-refractivity contribution in [1.29, 1.82) is 0 Å². The number of piperazine rings is 1. The van der Waals surface area contributed by atoms with Crippen LogP contribution in [0, 0.1) is 0 Å². The zero-order valence-corrected chi connectivity index (χ0v) is 17.8. The average Bonchev–Trinajstić information content (AvgIpc) is 3.59. The van der Waals surface area contributed by atoms with Gasteiger partial charge in [-0.05, 0) is 19.1 Å². The monoisotopic (exact) mass is 447 g/mol. The van der Waals surface area contributed by atoms with Crippen molar-refractivity contribution < 1.29 is 4.79 Å². The maximum absolute atomic E-state index is 13.1. The number of hydrogen-bond acceptors (Lipinski definition) is 9. The highest BCUT2D eigenvalue weighted by molar-refractivity contribution is 5.80. The van der Waals surface area contributed by atoms with E-state index in [1.54, 1.807) is 52.0 Å². The van der Waals surface area contributed by atoms with Crippen LogP contribution < -0.4 is 10.5 Å². The van der Waals surface area contributed by atoms with Gasteiger partial charge in [0.05, 0.1) is 0 Å². The zero-order valence-electron chi connectivity index (χ0n) is 17.8. The number of hydrogen-bond donors (Lipinski definition) is 0. The van der Waals surface area contributed by atoms with Crippen LogP contribution >= 0.6 is 0 Å². The van der Waals surface area contributed by atoms with Crippen molar-refractivity contribution in [3.05, 3.63) is 66.0 Å². The van der Waals surface area contributed by atoms with Crippen LogP contribution in [0.15, 0.2) is 60.4 Å². The molecule has 0 N–H and O–H groups in total. The second kappa shape index (κ2) is 8.61. The lowest BCUT2D eigenvalue weighted by atomic mass is 10.2. The van der Waals surface area contributed by atoms with Gasteiger partial charge >= 0.3 is 0 Å². The lowest BCUT2D eigenvalue weighted by molar-refractivity contribution is -0.135. The van der Waals surface area contributed by atoms with E-state index in [1.807, 2.05) is 6.07 Å². The van der Waals surface area contributed by atoms with Crippen molar-refractivity contribution in [3.63, 3.8) is 0 Å². The van der Waals surface area contributed by atoms with Crippen LogP contribution in [-0.2, 0) is 4.79 Å². The fourth-order valence-electron chi connectivity index (χ4n) is 3.71. The van der Waals surface area contributed by atoms with Gasteiger partial charge in [0.1, 0.15) is 30.8 Å². The molecule has 5 rings (SSSR count). The molecule has 1 aliphatic heterocycles. The van der Waals surface area contributed by atoms with Crippen molar-refractivity contribution in [2.45, 2.75) is 13.0 Å². The second-order valence-corrected chi connectivity index (χ2v) is 7.49. The highest BCUT2D eigenvalue weighted by Crippen LogP contribution is 2.17. The number of rotatable bonds is 5. The van der Waals surface area contributed by atoms with Crippen LogP contribution in [0.3, 0.4) is 0 Å². The van der Waals surface area contributed by atoms with Crippen LogP contribution in [0.1, 0.15) is 13.0 Å². The minimum atomic E-state index is -0.738. The minimum absolute atomic E-state index is 0.159. The third kappa shape index (κ3) is 4.07. The quantitative estimate of drug-likeness (QED) is 0.405. The first-order chi connectivity index (χ1) is 16.1. The van der Waals surface area contributed by atoms with E-state index in [9.17, 15) is 9.59 Å². The van der Waals surface area contributed by atoms with Crippen molar-refractivity contribution in [3.8, 4) is 11.6 Å². The Morgan fingerprint density at radius 1 is 0.970 bits per heavy atom.